The molecule has 1 heterocycles. The fourth-order valence-electron chi connectivity index (χ4n) is 2.55. The lowest BCUT2D eigenvalue weighted by Crippen LogP contribution is -2.49. The van der Waals surface area contributed by atoms with Crippen LogP contribution >= 0.6 is 22.6 Å². The molecule has 20 heavy (non-hydrogen) atoms. The number of rotatable bonds is 2. The summed E-state index contributed by atoms with van der Waals surface area (Å²) < 4.78 is 14.0. The molecule has 1 saturated heterocycles. The van der Waals surface area contributed by atoms with Crippen LogP contribution in [0, 0.1) is 15.3 Å². The molecule has 2 rings (SSSR count). The molecule has 108 valence electrons. The fourth-order valence-corrected chi connectivity index (χ4v) is 2.89. The number of carboxylic acids is 1. The van der Waals surface area contributed by atoms with Gasteiger partial charge in [0.1, 0.15) is 5.82 Å². The Bertz CT molecular complexity index is 549. The Kier molecular flexibility index (Phi) is 4.62. The van der Waals surface area contributed by atoms with E-state index in [9.17, 15) is 14.0 Å². The van der Waals surface area contributed by atoms with Crippen molar-refractivity contribution in [1.82, 2.24) is 4.90 Å². The van der Waals surface area contributed by atoms with Crippen molar-refractivity contribution in [1.29, 1.82) is 0 Å². The predicted molar refractivity (Wildman–Crippen MR) is 80.0 cm³/mol. The molecular weight excluding hydrogens is 376 g/mol. The Morgan fingerprint density at radius 1 is 1.45 bits per heavy atom. The van der Waals surface area contributed by atoms with E-state index < -0.39 is 17.7 Å². The molecular formula is C14H15FINO3. The lowest BCUT2D eigenvalue weighted by Gasteiger charge is -2.37. The zero-order valence-electron chi connectivity index (χ0n) is 11.0. The van der Waals surface area contributed by atoms with E-state index in [1.807, 2.05) is 22.6 Å². The van der Waals surface area contributed by atoms with Crippen molar-refractivity contribution in [3.63, 3.8) is 0 Å². The van der Waals surface area contributed by atoms with Crippen LogP contribution in [0.4, 0.5) is 4.39 Å². The third kappa shape index (κ3) is 2.94. The largest absolute Gasteiger partial charge is 0.481 e. The summed E-state index contributed by atoms with van der Waals surface area (Å²) in [5, 5.41) is 9.16. The minimum atomic E-state index is -0.885. The van der Waals surface area contributed by atoms with E-state index in [2.05, 4.69) is 0 Å². The van der Waals surface area contributed by atoms with E-state index in [1.54, 1.807) is 19.1 Å². The van der Waals surface area contributed by atoms with Crippen LogP contribution in [-0.2, 0) is 4.79 Å². The van der Waals surface area contributed by atoms with Gasteiger partial charge in [0, 0.05) is 21.7 Å². The smallest absolute Gasteiger partial charge is 0.308 e. The lowest BCUT2D eigenvalue weighted by atomic mass is 9.90. The second-order valence-electron chi connectivity index (χ2n) is 4.95. The molecule has 2 atom stereocenters. The number of hydrogen-bond acceptors (Lipinski definition) is 2. The first-order chi connectivity index (χ1) is 9.41. The molecule has 4 nitrogen and oxygen atoms in total. The molecule has 1 aliphatic rings. The van der Waals surface area contributed by atoms with Crippen molar-refractivity contribution in [2.45, 2.75) is 25.8 Å². The molecule has 1 aliphatic heterocycles. The van der Waals surface area contributed by atoms with Crippen LogP contribution in [0.25, 0.3) is 0 Å². The first-order valence-electron chi connectivity index (χ1n) is 6.40. The van der Waals surface area contributed by atoms with E-state index in [1.165, 1.54) is 11.0 Å². The average molecular weight is 391 g/mol. The molecule has 1 aromatic carbocycles. The lowest BCUT2D eigenvalue weighted by molar-refractivity contribution is -0.144. The normalized spacial score (nSPS) is 22.6. The van der Waals surface area contributed by atoms with Crippen LogP contribution < -0.4 is 0 Å². The van der Waals surface area contributed by atoms with Gasteiger partial charge in [-0.3, -0.25) is 9.59 Å². The standard InChI is InChI=1S/C14H15FINO3/c1-8-10(14(19)20)3-2-6-17(8)13(18)9-4-5-12(16)11(15)7-9/h4-5,7-8,10H,2-3,6H2,1H3,(H,19,20)/t8-,10-/m1/s1. The van der Waals surface area contributed by atoms with Crippen molar-refractivity contribution < 1.29 is 19.1 Å². The van der Waals surface area contributed by atoms with Crippen molar-refractivity contribution in [2.24, 2.45) is 5.92 Å². The predicted octanol–water partition coefficient (Wildman–Crippen LogP) is 2.76. The minimum Gasteiger partial charge on any atom is -0.481 e. The molecule has 0 aromatic heterocycles. The summed E-state index contributed by atoms with van der Waals surface area (Å²) >= 11 is 1.86. The molecule has 1 amide bonds. The number of aliphatic carboxylic acids is 1. The number of carboxylic acid groups (broad SMARTS) is 1. The average Bonchev–Trinajstić information content (AvgIpc) is 2.41. The summed E-state index contributed by atoms with van der Waals surface area (Å²) in [7, 11) is 0. The Balaban J connectivity index is 2.23. The van der Waals surface area contributed by atoms with E-state index in [4.69, 9.17) is 5.11 Å². The van der Waals surface area contributed by atoms with Gasteiger partial charge in [0.05, 0.1) is 5.92 Å². The highest BCUT2D eigenvalue weighted by molar-refractivity contribution is 14.1. The first kappa shape index (κ1) is 15.2. The van der Waals surface area contributed by atoms with Gasteiger partial charge in [0.15, 0.2) is 0 Å². The second kappa shape index (κ2) is 6.07. The molecule has 0 unspecified atom stereocenters. The Morgan fingerprint density at radius 3 is 2.75 bits per heavy atom. The van der Waals surface area contributed by atoms with Crippen LogP contribution in [0.15, 0.2) is 18.2 Å². The zero-order chi connectivity index (χ0) is 14.9. The summed E-state index contributed by atoms with van der Waals surface area (Å²) in [4.78, 5) is 25.1. The number of piperidine rings is 1. The number of hydrogen-bond donors (Lipinski definition) is 1. The number of carbonyl (C=O) groups is 2. The van der Waals surface area contributed by atoms with Gasteiger partial charge in [-0.2, -0.15) is 0 Å². The first-order valence-corrected chi connectivity index (χ1v) is 7.48. The molecule has 0 aliphatic carbocycles. The number of nitrogens with zero attached hydrogens (tertiary/aromatic N) is 1. The van der Waals surface area contributed by atoms with Crippen molar-refractivity contribution >= 4 is 34.5 Å². The molecule has 1 aromatic rings. The van der Waals surface area contributed by atoms with Gasteiger partial charge in [-0.25, -0.2) is 4.39 Å². The summed E-state index contributed by atoms with van der Waals surface area (Å²) in [6, 6.07) is 3.95. The highest BCUT2D eigenvalue weighted by Crippen LogP contribution is 2.26. The summed E-state index contributed by atoms with van der Waals surface area (Å²) in [6.07, 6.45) is 1.22. The van der Waals surface area contributed by atoms with E-state index in [0.717, 1.165) is 0 Å². The van der Waals surface area contributed by atoms with Gasteiger partial charge >= 0.3 is 5.97 Å². The Hall–Kier alpha value is -1.18. The Labute approximate surface area is 130 Å². The number of carbonyl (C=O) groups excluding carboxylic acids is 1. The number of halogens is 2. The maximum absolute atomic E-state index is 13.5. The van der Waals surface area contributed by atoms with Gasteiger partial charge in [0.2, 0.25) is 0 Å². The number of likely N-dealkylation sites (tertiary alicyclic amines) is 1. The maximum atomic E-state index is 13.5. The van der Waals surface area contributed by atoms with Gasteiger partial charge in [-0.05, 0) is 60.6 Å². The topological polar surface area (TPSA) is 57.6 Å². The minimum absolute atomic E-state index is 0.265. The number of benzene rings is 1. The third-order valence-electron chi connectivity index (χ3n) is 3.73. The van der Waals surface area contributed by atoms with Gasteiger partial charge in [-0.15, -0.1) is 0 Å². The van der Waals surface area contributed by atoms with E-state index in [0.29, 0.717) is 23.0 Å². The van der Waals surface area contributed by atoms with Crippen LogP contribution in [0.5, 0.6) is 0 Å². The summed E-state index contributed by atoms with van der Waals surface area (Å²) in [6.45, 7) is 2.25. The van der Waals surface area contributed by atoms with Crippen LogP contribution in [0.1, 0.15) is 30.1 Å². The fraction of sp³-hybridized carbons (Fsp3) is 0.429. The van der Waals surface area contributed by atoms with Crippen LogP contribution in [0.3, 0.4) is 0 Å². The molecule has 0 saturated carbocycles. The zero-order valence-corrected chi connectivity index (χ0v) is 13.1. The third-order valence-corrected chi connectivity index (χ3v) is 4.61. The Morgan fingerprint density at radius 2 is 2.15 bits per heavy atom. The molecule has 6 heteroatoms. The summed E-state index contributed by atoms with van der Waals surface area (Å²) in [5.74, 6) is -2.18. The maximum Gasteiger partial charge on any atom is 0.308 e. The second-order valence-corrected chi connectivity index (χ2v) is 6.12. The number of amides is 1. The summed E-state index contributed by atoms with van der Waals surface area (Å²) in [5.41, 5.74) is 0.265. The highest BCUT2D eigenvalue weighted by atomic mass is 127. The molecule has 0 radical (unpaired) electrons. The van der Waals surface area contributed by atoms with Gasteiger partial charge < -0.3 is 10.0 Å². The highest BCUT2D eigenvalue weighted by Gasteiger charge is 2.35. The SMILES string of the molecule is C[C@@H]1[C@H](C(=O)O)CCCN1C(=O)c1ccc(I)c(F)c1. The monoisotopic (exact) mass is 391 g/mol. The quantitative estimate of drug-likeness (QED) is 0.789. The van der Waals surface area contributed by atoms with Crippen molar-refractivity contribution in [2.75, 3.05) is 6.54 Å². The van der Waals surface area contributed by atoms with E-state index >= 15 is 0 Å². The molecule has 0 spiro atoms. The van der Waals surface area contributed by atoms with Gasteiger partial charge in [0.25, 0.3) is 5.91 Å². The van der Waals surface area contributed by atoms with Crippen LogP contribution in [0.2, 0.25) is 0 Å². The van der Waals surface area contributed by atoms with Crippen molar-refractivity contribution in [3.05, 3.63) is 33.1 Å². The molecule has 1 N–H and O–H groups in total. The van der Waals surface area contributed by atoms with Crippen LogP contribution in [-0.4, -0.2) is 34.5 Å². The molecule has 0 bridgehead atoms. The van der Waals surface area contributed by atoms with E-state index in [-0.39, 0.29) is 17.5 Å². The molecule has 1 fully saturated rings. The van der Waals surface area contributed by atoms with Crippen molar-refractivity contribution in [3.8, 4) is 0 Å². The van der Waals surface area contributed by atoms with Gasteiger partial charge in [-0.1, -0.05) is 0 Å².